The first-order valence-corrected chi connectivity index (χ1v) is 11.4. The molecule has 158 valence electrons. The quantitative estimate of drug-likeness (QED) is 0.494. The summed E-state index contributed by atoms with van der Waals surface area (Å²) in [7, 11) is -3.19. The van der Waals surface area contributed by atoms with Gasteiger partial charge in [-0.2, -0.15) is 10.2 Å². The smallest absolute Gasteiger partial charge is 0.229 e. The zero-order chi connectivity index (χ0) is 21.8. The van der Waals surface area contributed by atoms with Gasteiger partial charge in [0.1, 0.15) is 5.82 Å². The summed E-state index contributed by atoms with van der Waals surface area (Å²) in [4.78, 5) is 8.84. The molecule has 8 nitrogen and oxygen atoms in total. The largest absolute Gasteiger partial charge is 0.340 e. The number of rotatable bonds is 8. The van der Waals surface area contributed by atoms with Crippen molar-refractivity contribution in [1.29, 1.82) is 5.26 Å². The molecule has 0 spiro atoms. The Bertz CT molecular complexity index is 1210. The molecule has 4 rings (SSSR count). The van der Waals surface area contributed by atoms with Crippen LogP contribution in [-0.4, -0.2) is 23.6 Å². The average molecular weight is 435 g/mol. The lowest BCUT2D eigenvalue weighted by molar-refractivity contribution is 0.580. The summed E-state index contributed by atoms with van der Waals surface area (Å²) in [5.74, 6) is 1.09. The Balaban J connectivity index is 1.41. The molecule has 0 saturated heterocycles. The first-order valence-electron chi connectivity index (χ1n) is 9.88. The van der Waals surface area contributed by atoms with E-state index in [0.717, 1.165) is 35.3 Å². The molecule has 0 amide bonds. The molecule has 0 aliphatic heterocycles. The standard InChI is InChI=1S/C22H22N6O2S/c1-15-13-24-22(27-19-6-2-16(12-23)3-7-19)28-21(15)26-18-8-4-17(5-9-18)14-25-31(29,30)20-10-11-20/h2-9,13,20,25H,10-11,14H2,1H3,(H2,24,26,27,28). The highest BCUT2D eigenvalue weighted by Gasteiger charge is 2.35. The van der Waals surface area contributed by atoms with Crippen LogP contribution in [0.25, 0.3) is 0 Å². The lowest BCUT2D eigenvalue weighted by atomic mass is 10.2. The van der Waals surface area contributed by atoms with Crippen LogP contribution in [0.2, 0.25) is 0 Å². The second-order valence-corrected chi connectivity index (χ2v) is 9.47. The monoisotopic (exact) mass is 434 g/mol. The lowest BCUT2D eigenvalue weighted by Crippen LogP contribution is -2.26. The molecule has 31 heavy (non-hydrogen) atoms. The van der Waals surface area contributed by atoms with Gasteiger partial charge in [0.25, 0.3) is 0 Å². The SMILES string of the molecule is Cc1cnc(Nc2ccc(C#N)cc2)nc1Nc1ccc(CNS(=O)(=O)C2CC2)cc1. The molecule has 0 unspecified atom stereocenters. The van der Waals surface area contributed by atoms with Crippen molar-refractivity contribution >= 4 is 33.2 Å². The van der Waals surface area contributed by atoms with E-state index in [2.05, 4.69) is 31.4 Å². The van der Waals surface area contributed by atoms with Gasteiger partial charge in [-0.1, -0.05) is 12.1 Å². The number of hydrogen-bond donors (Lipinski definition) is 3. The minimum absolute atomic E-state index is 0.221. The van der Waals surface area contributed by atoms with E-state index < -0.39 is 10.0 Å². The average Bonchev–Trinajstić information content (AvgIpc) is 3.62. The van der Waals surface area contributed by atoms with Crippen molar-refractivity contribution in [1.82, 2.24) is 14.7 Å². The van der Waals surface area contributed by atoms with Crippen LogP contribution in [0.1, 0.15) is 29.5 Å². The van der Waals surface area contributed by atoms with Gasteiger partial charge in [-0.15, -0.1) is 0 Å². The van der Waals surface area contributed by atoms with Gasteiger partial charge in [-0.25, -0.2) is 18.1 Å². The van der Waals surface area contributed by atoms with Gasteiger partial charge in [-0.05, 0) is 61.7 Å². The molecule has 9 heteroatoms. The van der Waals surface area contributed by atoms with Crippen LogP contribution in [0.4, 0.5) is 23.1 Å². The van der Waals surface area contributed by atoms with Gasteiger partial charge in [0.2, 0.25) is 16.0 Å². The number of benzene rings is 2. The highest BCUT2D eigenvalue weighted by Crippen LogP contribution is 2.27. The molecular formula is C22H22N6O2S. The minimum atomic E-state index is -3.19. The molecule has 1 aliphatic carbocycles. The second kappa shape index (κ2) is 8.71. The second-order valence-electron chi connectivity index (χ2n) is 7.43. The van der Waals surface area contributed by atoms with E-state index in [1.165, 1.54) is 0 Å². The Morgan fingerprint density at radius 2 is 1.68 bits per heavy atom. The number of hydrogen-bond acceptors (Lipinski definition) is 7. The molecule has 1 aliphatic rings. The third-order valence-corrected chi connectivity index (χ3v) is 6.79. The van der Waals surface area contributed by atoms with Gasteiger partial charge in [0.05, 0.1) is 16.9 Å². The maximum absolute atomic E-state index is 11.9. The molecule has 2 aromatic carbocycles. The molecule has 1 aromatic heterocycles. The van der Waals surface area contributed by atoms with E-state index in [9.17, 15) is 8.42 Å². The summed E-state index contributed by atoms with van der Waals surface area (Å²) >= 11 is 0. The van der Waals surface area contributed by atoms with Crippen molar-refractivity contribution in [2.45, 2.75) is 31.6 Å². The Hall–Kier alpha value is -3.48. The molecule has 1 fully saturated rings. The maximum Gasteiger partial charge on any atom is 0.229 e. The minimum Gasteiger partial charge on any atom is -0.340 e. The molecule has 0 bridgehead atoms. The van der Waals surface area contributed by atoms with Crippen LogP contribution in [-0.2, 0) is 16.6 Å². The number of nitrogens with zero attached hydrogens (tertiary/aromatic N) is 3. The van der Waals surface area contributed by atoms with Crippen LogP contribution in [0.3, 0.4) is 0 Å². The first-order chi connectivity index (χ1) is 14.9. The number of sulfonamides is 1. The van der Waals surface area contributed by atoms with Crippen LogP contribution in [0.5, 0.6) is 0 Å². The summed E-state index contributed by atoms with van der Waals surface area (Å²) in [6.07, 6.45) is 3.22. The zero-order valence-electron chi connectivity index (χ0n) is 17.0. The van der Waals surface area contributed by atoms with Crippen LogP contribution in [0.15, 0.2) is 54.7 Å². The predicted molar refractivity (Wildman–Crippen MR) is 120 cm³/mol. The highest BCUT2D eigenvalue weighted by atomic mass is 32.2. The lowest BCUT2D eigenvalue weighted by Gasteiger charge is -2.12. The molecule has 1 saturated carbocycles. The molecule has 0 radical (unpaired) electrons. The summed E-state index contributed by atoms with van der Waals surface area (Å²) in [5.41, 5.74) is 3.97. The van der Waals surface area contributed by atoms with E-state index in [1.807, 2.05) is 31.2 Å². The normalized spacial score (nSPS) is 13.4. The fourth-order valence-corrected chi connectivity index (χ4v) is 4.27. The zero-order valence-corrected chi connectivity index (χ0v) is 17.8. The van der Waals surface area contributed by atoms with Crippen molar-refractivity contribution in [3.63, 3.8) is 0 Å². The number of anilines is 4. The van der Waals surface area contributed by atoms with Gasteiger partial charge in [-0.3, -0.25) is 0 Å². The molecule has 1 heterocycles. The Morgan fingerprint density at radius 1 is 1.03 bits per heavy atom. The molecule has 3 aromatic rings. The topological polar surface area (TPSA) is 120 Å². The molecule has 0 atom stereocenters. The van der Waals surface area contributed by atoms with Gasteiger partial charge in [0.15, 0.2) is 0 Å². The summed E-state index contributed by atoms with van der Waals surface area (Å²) in [6, 6.07) is 16.7. The van der Waals surface area contributed by atoms with Crippen LogP contribution < -0.4 is 15.4 Å². The van der Waals surface area contributed by atoms with Crippen LogP contribution in [0, 0.1) is 18.3 Å². The van der Waals surface area contributed by atoms with E-state index >= 15 is 0 Å². The Morgan fingerprint density at radius 3 is 2.32 bits per heavy atom. The number of aryl methyl sites for hydroxylation is 1. The van der Waals surface area contributed by atoms with E-state index in [-0.39, 0.29) is 11.8 Å². The summed E-state index contributed by atoms with van der Waals surface area (Å²) in [6.45, 7) is 2.19. The third kappa shape index (κ3) is 5.36. The Labute approximate surface area is 181 Å². The van der Waals surface area contributed by atoms with E-state index in [4.69, 9.17) is 5.26 Å². The van der Waals surface area contributed by atoms with E-state index in [1.54, 1.807) is 30.5 Å². The number of aromatic nitrogens is 2. The van der Waals surface area contributed by atoms with Gasteiger partial charge < -0.3 is 10.6 Å². The highest BCUT2D eigenvalue weighted by molar-refractivity contribution is 7.90. The first kappa shape index (κ1) is 20.8. The van der Waals surface area contributed by atoms with Crippen molar-refractivity contribution in [3.05, 3.63) is 71.4 Å². The van der Waals surface area contributed by atoms with Crippen molar-refractivity contribution < 1.29 is 8.42 Å². The Kier molecular flexibility index (Phi) is 5.84. The fourth-order valence-electron chi connectivity index (χ4n) is 2.91. The predicted octanol–water partition coefficient (Wildman–Crippen LogP) is 3.73. The van der Waals surface area contributed by atoms with E-state index in [0.29, 0.717) is 17.3 Å². The van der Waals surface area contributed by atoms with Crippen molar-refractivity contribution in [2.75, 3.05) is 10.6 Å². The van der Waals surface area contributed by atoms with Crippen LogP contribution >= 0.6 is 0 Å². The third-order valence-electron chi connectivity index (χ3n) is 4.90. The molecule has 3 N–H and O–H groups in total. The number of nitriles is 1. The van der Waals surface area contributed by atoms with Crippen molar-refractivity contribution in [3.8, 4) is 6.07 Å². The summed E-state index contributed by atoms with van der Waals surface area (Å²) < 4.78 is 26.6. The van der Waals surface area contributed by atoms with Gasteiger partial charge >= 0.3 is 0 Å². The van der Waals surface area contributed by atoms with Crippen molar-refractivity contribution in [2.24, 2.45) is 0 Å². The fraction of sp³-hybridized carbons (Fsp3) is 0.227. The van der Waals surface area contributed by atoms with Gasteiger partial charge in [0, 0.05) is 29.7 Å². The molecular weight excluding hydrogens is 412 g/mol. The summed E-state index contributed by atoms with van der Waals surface area (Å²) in [5, 5.41) is 15.1. The maximum atomic E-state index is 11.9. The number of nitrogens with one attached hydrogen (secondary N) is 3.